The number of ether oxygens (including phenoxy) is 3. The fraction of sp³-hybridized carbons (Fsp3) is 0.880. The summed E-state index contributed by atoms with van der Waals surface area (Å²) >= 11 is 0. The van der Waals surface area contributed by atoms with Gasteiger partial charge in [-0.25, -0.2) is 0 Å². The molecule has 0 atom stereocenters. The van der Waals surface area contributed by atoms with Crippen molar-refractivity contribution in [3.8, 4) is 0 Å². The Bertz CT molecular complexity index is 616. The van der Waals surface area contributed by atoms with Crippen LogP contribution in [0.1, 0.15) is 67.7 Å². The fourth-order valence-electron chi connectivity index (χ4n) is 3.23. The lowest BCUT2D eigenvalue weighted by atomic mass is 10.2. The molecule has 0 bridgehead atoms. The SMILES string of the molecule is CCOC(=O)CN(CCNCCN)CCN(CCCCC(=O)OC(C)(C)C)CC(=O)OC(C)(C)C. The summed E-state index contributed by atoms with van der Waals surface area (Å²) < 4.78 is 16.0. The predicted molar refractivity (Wildman–Crippen MR) is 137 cm³/mol. The lowest BCUT2D eigenvalue weighted by molar-refractivity contribution is -0.157. The highest BCUT2D eigenvalue weighted by atomic mass is 16.6. The minimum Gasteiger partial charge on any atom is -0.465 e. The number of hydrogen-bond donors (Lipinski definition) is 2. The van der Waals surface area contributed by atoms with Gasteiger partial charge in [0.15, 0.2) is 0 Å². The van der Waals surface area contributed by atoms with Crippen molar-refractivity contribution in [2.45, 2.75) is 78.9 Å². The lowest BCUT2D eigenvalue weighted by Gasteiger charge is -2.28. The van der Waals surface area contributed by atoms with Crippen LogP contribution in [-0.2, 0) is 28.6 Å². The van der Waals surface area contributed by atoms with Gasteiger partial charge in [-0.1, -0.05) is 0 Å². The molecule has 0 unspecified atom stereocenters. The molecular formula is C25H50N4O6. The Morgan fingerprint density at radius 3 is 1.83 bits per heavy atom. The first kappa shape index (κ1) is 33.2. The molecule has 0 aliphatic heterocycles. The van der Waals surface area contributed by atoms with Crippen molar-refractivity contribution in [3.05, 3.63) is 0 Å². The van der Waals surface area contributed by atoms with E-state index < -0.39 is 11.2 Å². The molecule has 0 amide bonds. The van der Waals surface area contributed by atoms with E-state index in [9.17, 15) is 14.4 Å². The normalized spacial score (nSPS) is 12.2. The lowest BCUT2D eigenvalue weighted by Crippen LogP contribution is -2.44. The zero-order chi connectivity index (χ0) is 26.9. The van der Waals surface area contributed by atoms with Gasteiger partial charge < -0.3 is 25.3 Å². The van der Waals surface area contributed by atoms with Crippen molar-refractivity contribution in [2.75, 3.05) is 65.5 Å². The Hall–Kier alpha value is -1.75. The van der Waals surface area contributed by atoms with Gasteiger partial charge in [-0.15, -0.1) is 0 Å². The van der Waals surface area contributed by atoms with Gasteiger partial charge in [0.1, 0.15) is 11.2 Å². The summed E-state index contributed by atoms with van der Waals surface area (Å²) in [5.74, 6) is -0.796. The van der Waals surface area contributed by atoms with Crippen molar-refractivity contribution in [1.82, 2.24) is 15.1 Å². The first-order chi connectivity index (χ1) is 16.3. The van der Waals surface area contributed by atoms with E-state index in [2.05, 4.69) is 5.32 Å². The van der Waals surface area contributed by atoms with Crippen LogP contribution in [0, 0.1) is 0 Å². The van der Waals surface area contributed by atoms with Gasteiger partial charge in [0.05, 0.1) is 19.7 Å². The standard InChI is InChI=1S/C25H50N4O6/c1-8-33-22(31)19-29(16-14-27-13-12-26)18-17-28(20-23(32)35-25(5,6)7)15-10-9-11-21(30)34-24(2,3)4/h27H,8-20,26H2,1-7H3. The molecule has 35 heavy (non-hydrogen) atoms. The van der Waals surface area contributed by atoms with Gasteiger partial charge in [0, 0.05) is 45.7 Å². The number of nitrogens with two attached hydrogens (primary N) is 1. The van der Waals surface area contributed by atoms with Crippen molar-refractivity contribution in [3.63, 3.8) is 0 Å². The smallest absolute Gasteiger partial charge is 0.320 e. The Morgan fingerprint density at radius 2 is 1.29 bits per heavy atom. The van der Waals surface area contributed by atoms with Crippen molar-refractivity contribution in [2.24, 2.45) is 5.73 Å². The third-order valence-electron chi connectivity index (χ3n) is 4.61. The average molecular weight is 503 g/mol. The third-order valence-corrected chi connectivity index (χ3v) is 4.61. The van der Waals surface area contributed by atoms with Crippen LogP contribution >= 0.6 is 0 Å². The second-order valence-electron chi connectivity index (χ2n) is 10.5. The maximum absolute atomic E-state index is 12.5. The summed E-state index contributed by atoms with van der Waals surface area (Å²) in [5.41, 5.74) is 4.47. The van der Waals surface area contributed by atoms with Crippen LogP contribution < -0.4 is 11.1 Å². The zero-order valence-corrected chi connectivity index (χ0v) is 23.1. The predicted octanol–water partition coefficient (Wildman–Crippen LogP) is 1.56. The van der Waals surface area contributed by atoms with Crippen LogP contribution in [0.3, 0.4) is 0 Å². The molecule has 0 rings (SSSR count). The Morgan fingerprint density at radius 1 is 0.743 bits per heavy atom. The molecule has 206 valence electrons. The largest absolute Gasteiger partial charge is 0.465 e. The maximum atomic E-state index is 12.5. The number of nitrogens with one attached hydrogen (secondary N) is 1. The van der Waals surface area contributed by atoms with E-state index in [1.807, 2.05) is 51.3 Å². The van der Waals surface area contributed by atoms with Gasteiger partial charge in [-0.05, 0) is 67.9 Å². The van der Waals surface area contributed by atoms with Gasteiger partial charge >= 0.3 is 17.9 Å². The second kappa shape index (κ2) is 17.6. The summed E-state index contributed by atoms with van der Waals surface area (Å²) in [6, 6.07) is 0. The second-order valence-corrected chi connectivity index (χ2v) is 10.5. The van der Waals surface area contributed by atoms with Crippen molar-refractivity contribution < 1.29 is 28.6 Å². The van der Waals surface area contributed by atoms with Crippen LogP contribution in [0.15, 0.2) is 0 Å². The molecule has 3 N–H and O–H groups in total. The summed E-state index contributed by atoms with van der Waals surface area (Å²) in [6.45, 7) is 17.9. The first-order valence-corrected chi connectivity index (χ1v) is 12.7. The fourth-order valence-corrected chi connectivity index (χ4v) is 3.23. The topological polar surface area (TPSA) is 123 Å². The number of esters is 3. The minimum atomic E-state index is -0.565. The Kier molecular flexibility index (Phi) is 16.8. The molecular weight excluding hydrogens is 452 g/mol. The maximum Gasteiger partial charge on any atom is 0.320 e. The molecule has 0 spiro atoms. The Labute approximate surface area is 212 Å². The minimum absolute atomic E-state index is 0.141. The van der Waals surface area contributed by atoms with E-state index in [1.54, 1.807) is 6.92 Å². The van der Waals surface area contributed by atoms with E-state index in [-0.39, 0.29) is 31.0 Å². The van der Waals surface area contributed by atoms with Crippen LogP contribution in [0.2, 0.25) is 0 Å². The molecule has 0 saturated heterocycles. The molecule has 0 aromatic rings. The molecule has 10 nitrogen and oxygen atoms in total. The molecule has 10 heteroatoms. The highest BCUT2D eigenvalue weighted by Gasteiger charge is 2.21. The summed E-state index contributed by atoms with van der Waals surface area (Å²) in [4.78, 5) is 40.5. The van der Waals surface area contributed by atoms with E-state index in [0.717, 1.165) is 6.42 Å². The van der Waals surface area contributed by atoms with Crippen LogP contribution in [0.5, 0.6) is 0 Å². The zero-order valence-electron chi connectivity index (χ0n) is 23.1. The van der Waals surface area contributed by atoms with Crippen molar-refractivity contribution >= 4 is 17.9 Å². The molecule has 0 fully saturated rings. The summed E-state index contributed by atoms with van der Waals surface area (Å²) in [7, 11) is 0. The molecule has 0 aliphatic rings. The number of carbonyl (C=O) groups is 3. The van der Waals surface area contributed by atoms with Crippen LogP contribution in [-0.4, -0.2) is 104 Å². The van der Waals surface area contributed by atoms with Gasteiger partial charge in [0.25, 0.3) is 0 Å². The molecule has 0 aliphatic carbocycles. The van der Waals surface area contributed by atoms with Gasteiger partial charge in [-0.2, -0.15) is 0 Å². The number of carbonyl (C=O) groups excluding carboxylic acids is 3. The third kappa shape index (κ3) is 21.3. The molecule has 0 saturated carbocycles. The van der Waals surface area contributed by atoms with Gasteiger partial charge in [0.2, 0.25) is 0 Å². The number of hydrogen-bond acceptors (Lipinski definition) is 10. The summed E-state index contributed by atoms with van der Waals surface area (Å²) in [6.07, 6.45) is 1.73. The number of rotatable bonds is 18. The highest BCUT2D eigenvalue weighted by molar-refractivity contribution is 5.72. The quantitative estimate of drug-likeness (QED) is 0.162. The van der Waals surface area contributed by atoms with Gasteiger partial charge in [-0.3, -0.25) is 24.2 Å². The highest BCUT2D eigenvalue weighted by Crippen LogP contribution is 2.11. The van der Waals surface area contributed by atoms with Crippen molar-refractivity contribution in [1.29, 1.82) is 0 Å². The molecule has 0 aromatic carbocycles. The average Bonchev–Trinajstić information content (AvgIpc) is 2.69. The van der Waals surface area contributed by atoms with Crippen LogP contribution in [0.25, 0.3) is 0 Å². The monoisotopic (exact) mass is 502 g/mol. The van der Waals surface area contributed by atoms with Crippen LogP contribution in [0.4, 0.5) is 0 Å². The Balaban J connectivity index is 4.96. The molecule has 0 radical (unpaired) electrons. The number of unbranched alkanes of at least 4 members (excludes halogenated alkanes) is 1. The first-order valence-electron chi connectivity index (χ1n) is 12.7. The van der Waals surface area contributed by atoms with E-state index in [1.165, 1.54) is 0 Å². The van der Waals surface area contributed by atoms with E-state index in [0.29, 0.717) is 65.3 Å². The molecule has 0 heterocycles. The van der Waals surface area contributed by atoms with E-state index in [4.69, 9.17) is 19.9 Å². The summed E-state index contributed by atoms with van der Waals surface area (Å²) in [5, 5.41) is 3.23. The molecule has 0 aromatic heterocycles. The van der Waals surface area contributed by atoms with E-state index >= 15 is 0 Å². The number of nitrogens with zero attached hydrogens (tertiary/aromatic N) is 2.